The molecule has 0 aliphatic carbocycles. The molecular formula is C39H51N9. The molecule has 48 heavy (non-hydrogen) atoms. The molecule has 0 atom stereocenters. The molecule has 7 rings (SSSR count). The van der Waals surface area contributed by atoms with Crippen LogP contribution >= 0.6 is 0 Å². The van der Waals surface area contributed by atoms with Gasteiger partial charge in [-0.15, -0.1) is 0 Å². The lowest BCUT2D eigenvalue weighted by Crippen LogP contribution is -2.35. The van der Waals surface area contributed by atoms with Crippen LogP contribution in [0.5, 0.6) is 0 Å². The first-order valence-electron chi connectivity index (χ1n) is 17.8. The van der Waals surface area contributed by atoms with Crippen molar-refractivity contribution >= 4 is 52.3 Å². The van der Waals surface area contributed by atoms with E-state index in [0.717, 1.165) is 65.8 Å². The smallest absolute Gasteiger partial charge is 0.232 e. The van der Waals surface area contributed by atoms with Gasteiger partial charge in [0.05, 0.1) is 18.0 Å². The van der Waals surface area contributed by atoms with E-state index in [-0.39, 0.29) is 11.1 Å². The summed E-state index contributed by atoms with van der Waals surface area (Å²) in [5.74, 6) is 1.34. The van der Waals surface area contributed by atoms with E-state index in [2.05, 4.69) is 120 Å². The first kappa shape index (κ1) is 32.2. The van der Waals surface area contributed by atoms with Gasteiger partial charge in [-0.2, -0.15) is 0 Å². The molecule has 9 nitrogen and oxygen atoms in total. The Bertz CT molecular complexity index is 1730. The molecule has 0 radical (unpaired) electrons. The minimum absolute atomic E-state index is 0.120. The first-order valence-corrected chi connectivity index (χ1v) is 17.8. The van der Waals surface area contributed by atoms with Crippen LogP contribution in [0, 0.1) is 0 Å². The number of hydrogen-bond acceptors (Lipinski definition) is 9. The summed E-state index contributed by atoms with van der Waals surface area (Å²) in [7, 11) is 0. The van der Waals surface area contributed by atoms with E-state index in [1.165, 1.54) is 49.9 Å². The second-order valence-corrected chi connectivity index (χ2v) is 15.7. The van der Waals surface area contributed by atoms with Crippen LogP contribution in [0.15, 0.2) is 74.2 Å². The predicted molar refractivity (Wildman–Crippen MR) is 204 cm³/mol. The fourth-order valence-electron chi connectivity index (χ4n) is 7.12. The molecule has 252 valence electrons. The van der Waals surface area contributed by atoms with Crippen molar-refractivity contribution in [1.29, 1.82) is 0 Å². The second kappa shape index (κ2) is 12.9. The van der Waals surface area contributed by atoms with Crippen molar-refractivity contribution in [3.63, 3.8) is 0 Å². The Labute approximate surface area is 286 Å². The molecule has 2 aromatic carbocycles. The Balaban J connectivity index is 1.31. The van der Waals surface area contributed by atoms with E-state index in [9.17, 15) is 0 Å². The number of guanidine groups is 1. The lowest BCUT2D eigenvalue weighted by atomic mass is 9.99. The molecule has 5 aliphatic heterocycles. The van der Waals surface area contributed by atoms with Crippen molar-refractivity contribution in [3.05, 3.63) is 65.4 Å². The van der Waals surface area contributed by atoms with Gasteiger partial charge in [-0.1, -0.05) is 0 Å². The molecule has 0 aromatic heterocycles. The van der Waals surface area contributed by atoms with Gasteiger partial charge in [0.1, 0.15) is 6.34 Å². The normalized spacial score (nSPS) is 19.8. The standard InChI is InChI=1S/C39H51N9/c1-38(2,3)44-34-21-27(46-17-9-7-10-18-46)13-15-30(34)32-23-29-24-33(43-37-41-26-40-36(42-32)25-48(29)37)31-16-14-28(47-19-11-8-12-20-47)22-35(31)45-39(4,5)6/h13-16,21-24,26,44-45H,7-12,17-20,25H2,1-6H3. The fourth-order valence-corrected chi connectivity index (χ4v) is 7.12. The topological polar surface area (TPSA) is 83.2 Å². The molecule has 0 amide bonds. The molecule has 2 fully saturated rings. The second-order valence-electron chi connectivity index (χ2n) is 15.7. The maximum atomic E-state index is 5.15. The van der Waals surface area contributed by atoms with Gasteiger partial charge in [0, 0.05) is 76.8 Å². The fraction of sp³-hybridized carbons (Fsp3) is 0.487. The minimum atomic E-state index is -0.122. The number of allylic oxidation sites excluding steroid dienone is 2. The van der Waals surface area contributed by atoms with Crippen LogP contribution in [0.1, 0.15) is 91.2 Å². The molecule has 0 saturated carbocycles. The quantitative estimate of drug-likeness (QED) is 0.334. The summed E-state index contributed by atoms with van der Waals surface area (Å²) < 4.78 is 0. The van der Waals surface area contributed by atoms with E-state index in [1.54, 1.807) is 6.34 Å². The van der Waals surface area contributed by atoms with Crippen molar-refractivity contribution in [2.45, 2.75) is 91.1 Å². The Morgan fingerprint density at radius 2 is 1.21 bits per heavy atom. The number of piperidine rings is 2. The predicted octanol–water partition coefficient (Wildman–Crippen LogP) is 7.93. The number of benzene rings is 2. The summed E-state index contributed by atoms with van der Waals surface area (Å²) in [6.07, 6.45) is 13.6. The third kappa shape index (κ3) is 7.20. The Morgan fingerprint density at radius 1 is 0.646 bits per heavy atom. The molecule has 5 heterocycles. The Kier molecular flexibility index (Phi) is 8.64. The summed E-state index contributed by atoms with van der Waals surface area (Å²) in [4.78, 5) is 26.8. The molecular weight excluding hydrogens is 594 g/mol. The molecule has 5 aliphatic rings. The molecule has 0 unspecified atom stereocenters. The SMILES string of the molecule is CC(C)(C)Nc1cc(N2CCCCC2)ccc1C1=CC2=CC(c3ccc(N4CCCCC4)cc3NC(C)(C)C)=NC3=NC=NC(=N1)CN23. The molecule has 2 bridgehead atoms. The highest BCUT2D eigenvalue weighted by atomic mass is 15.3. The highest BCUT2D eigenvalue weighted by Crippen LogP contribution is 2.37. The summed E-state index contributed by atoms with van der Waals surface area (Å²) in [5, 5.41) is 7.60. The maximum Gasteiger partial charge on any atom is 0.232 e. The van der Waals surface area contributed by atoms with Gasteiger partial charge in [0.2, 0.25) is 5.96 Å². The average Bonchev–Trinajstić information content (AvgIpc) is 3.37. The van der Waals surface area contributed by atoms with Gasteiger partial charge in [-0.25, -0.2) is 20.0 Å². The first-order chi connectivity index (χ1) is 23.0. The van der Waals surface area contributed by atoms with Gasteiger partial charge in [0.25, 0.3) is 0 Å². The summed E-state index contributed by atoms with van der Waals surface area (Å²) in [5.41, 5.74) is 9.32. The van der Waals surface area contributed by atoms with Crippen molar-refractivity contribution in [2.24, 2.45) is 20.0 Å². The van der Waals surface area contributed by atoms with E-state index < -0.39 is 0 Å². The van der Waals surface area contributed by atoms with E-state index in [1.807, 2.05) is 0 Å². The monoisotopic (exact) mass is 645 g/mol. The Hall–Kier alpha value is -4.40. The van der Waals surface area contributed by atoms with E-state index in [0.29, 0.717) is 18.3 Å². The highest BCUT2D eigenvalue weighted by molar-refractivity contribution is 6.20. The molecule has 9 heteroatoms. The molecule has 2 N–H and O–H groups in total. The third-order valence-electron chi connectivity index (χ3n) is 9.29. The summed E-state index contributed by atoms with van der Waals surface area (Å²) in [6.45, 7) is 18.2. The molecule has 0 spiro atoms. The number of amidine groups is 1. The van der Waals surface area contributed by atoms with Crippen molar-refractivity contribution in [1.82, 2.24) is 4.90 Å². The van der Waals surface area contributed by atoms with Crippen LogP contribution < -0.4 is 20.4 Å². The third-order valence-corrected chi connectivity index (χ3v) is 9.29. The van der Waals surface area contributed by atoms with Gasteiger partial charge in [-0.05, 0) is 129 Å². The van der Waals surface area contributed by atoms with E-state index in [4.69, 9.17) is 15.0 Å². The van der Waals surface area contributed by atoms with Crippen molar-refractivity contribution < 1.29 is 0 Å². The number of rotatable bonds is 6. The number of hydrogen-bond donors (Lipinski definition) is 2. The number of nitrogens with one attached hydrogen (secondary N) is 2. The highest BCUT2D eigenvalue weighted by Gasteiger charge is 2.29. The van der Waals surface area contributed by atoms with Crippen LogP contribution in [-0.2, 0) is 0 Å². The zero-order valence-electron chi connectivity index (χ0n) is 29.6. The van der Waals surface area contributed by atoms with Crippen LogP contribution in [0.3, 0.4) is 0 Å². The van der Waals surface area contributed by atoms with E-state index >= 15 is 0 Å². The zero-order chi connectivity index (χ0) is 33.5. The summed E-state index contributed by atoms with van der Waals surface area (Å²) in [6, 6.07) is 13.6. The largest absolute Gasteiger partial charge is 0.380 e. The van der Waals surface area contributed by atoms with Gasteiger partial charge >= 0.3 is 0 Å². The van der Waals surface area contributed by atoms with Gasteiger partial charge in [0.15, 0.2) is 5.84 Å². The molecule has 2 saturated heterocycles. The van der Waals surface area contributed by atoms with Crippen LogP contribution in [0.25, 0.3) is 5.70 Å². The lowest BCUT2D eigenvalue weighted by Gasteiger charge is -2.32. The van der Waals surface area contributed by atoms with Gasteiger partial charge < -0.3 is 25.3 Å². The molecule has 2 aromatic rings. The van der Waals surface area contributed by atoms with Gasteiger partial charge in [-0.3, -0.25) is 0 Å². The Morgan fingerprint density at radius 3 is 1.79 bits per heavy atom. The van der Waals surface area contributed by atoms with Crippen molar-refractivity contribution in [3.8, 4) is 0 Å². The van der Waals surface area contributed by atoms with Crippen molar-refractivity contribution in [2.75, 3.05) is 53.2 Å². The number of fused-ring (bicyclic) bond motifs is 1. The summed E-state index contributed by atoms with van der Waals surface area (Å²) >= 11 is 0. The lowest BCUT2D eigenvalue weighted by molar-refractivity contribution is 0.577. The number of anilines is 4. The number of nitrogens with zero attached hydrogens (tertiary/aromatic N) is 7. The average molecular weight is 646 g/mol. The number of aliphatic imine (C=N–C) groups is 4. The maximum absolute atomic E-state index is 5.15. The van der Waals surface area contributed by atoms with Crippen LogP contribution in [0.4, 0.5) is 22.7 Å². The van der Waals surface area contributed by atoms with Crippen LogP contribution in [0.2, 0.25) is 0 Å². The minimum Gasteiger partial charge on any atom is -0.380 e. The zero-order valence-corrected chi connectivity index (χ0v) is 29.6. The van der Waals surface area contributed by atoms with Crippen LogP contribution in [-0.4, -0.2) is 72.5 Å².